The SMILES string of the molecule is Cc1ccc(-n2nnnc2SCCN2CCO[C@H](C)C2)cc1. The van der Waals surface area contributed by atoms with E-state index in [0.717, 1.165) is 42.8 Å². The molecule has 7 heteroatoms. The van der Waals surface area contributed by atoms with Crippen LogP contribution in [0.15, 0.2) is 29.4 Å². The van der Waals surface area contributed by atoms with E-state index in [1.165, 1.54) is 5.56 Å². The maximum Gasteiger partial charge on any atom is 0.214 e. The lowest BCUT2D eigenvalue weighted by Crippen LogP contribution is -2.42. The highest BCUT2D eigenvalue weighted by molar-refractivity contribution is 7.99. The van der Waals surface area contributed by atoms with Crippen LogP contribution < -0.4 is 0 Å². The Bertz CT molecular complexity index is 600. The zero-order valence-corrected chi connectivity index (χ0v) is 13.8. The highest BCUT2D eigenvalue weighted by atomic mass is 32.2. The first-order chi connectivity index (χ1) is 10.7. The molecule has 0 spiro atoms. The minimum absolute atomic E-state index is 0.330. The molecular formula is C15H21N5OS. The highest BCUT2D eigenvalue weighted by Crippen LogP contribution is 2.19. The van der Waals surface area contributed by atoms with Gasteiger partial charge in [-0.1, -0.05) is 29.5 Å². The summed E-state index contributed by atoms with van der Waals surface area (Å²) < 4.78 is 7.36. The summed E-state index contributed by atoms with van der Waals surface area (Å²) in [5.74, 6) is 0.971. The minimum Gasteiger partial charge on any atom is -0.376 e. The van der Waals surface area contributed by atoms with Crippen LogP contribution in [0.5, 0.6) is 0 Å². The first-order valence-corrected chi connectivity index (χ1v) is 8.53. The molecule has 0 radical (unpaired) electrons. The van der Waals surface area contributed by atoms with Gasteiger partial charge in [-0.25, -0.2) is 0 Å². The molecule has 118 valence electrons. The zero-order valence-electron chi connectivity index (χ0n) is 13.0. The van der Waals surface area contributed by atoms with Crippen LogP contribution in [0.2, 0.25) is 0 Å². The van der Waals surface area contributed by atoms with Crippen molar-refractivity contribution in [3.05, 3.63) is 29.8 Å². The van der Waals surface area contributed by atoms with Gasteiger partial charge >= 0.3 is 0 Å². The number of aryl methyl sites for hydroxylation is 1. The van der Waals surface area contributed by atoms with Gasteiger partial charge in [-0.15, -0.1) is 5.10 Å². The Hall–Kier alpha value is -1.44. The number of hydrogen-bond acceptors (Lipinski definition) is 6. The van der Waals surface area contributed by atoms with Crippen molar-refractivity contribution in [2.24, 2.45) is 0 Å². The molecule has 2 heterocycles. The molecule has 6 nitrogen and oxygen atoms in total. The fraction of sp³-hybridized carbons (Fsp3) is 0.533. The van der Waals surface area contributed by atoms with E-state index in [1.807, 2.05) is 12.1 Å². The molecule has 1 aliphatic rings. The Morgan fingerprint density at radius 2 is 2.14 bits per heavy atom. The highest BCUT2D eigenvalue weighted by Gasteiger charge is 2.16. The van der Waals surface area contributed by atoms with Crippen LogP contribution in [0.3, 0.4) is 0 Å². The van der Waals surface area contributed by atoms with Gasteiger partial charge in [-0.3, -0.25) is 4.90 Å². The Morgan fingerprint density at radius 3 is 2.91 bits per heavy atom. The number of rotatable bonds is 5. The topological polar surface area (TPSA) is 56.1 Å². The average molecular weight is 319 g/mol. The van der Waals surface area contributed by atoms with Gasteiger partial charge in [0.05, 0.1) is 18.4 Å². The summed E-state index contributed by atoms with van der Waals surface area (Å²) in [6.45, 7) is 8.06. The van der Waals surface area contributed by atoms with Crippen molar-refractivity contribution in [1.82, 2.24) is 25.1 Å². The molecule has 0 unspecified atom stereocenters. The number of morpholine rings is 1. The Balaban J connectivity index is 1.57. The molecule has 0 bridgehead atoms. The monoisotopic (exact) mass is 319 g/mol. The summed E-state index contributed by atoms with van der Waals surface area (Å²) in [5.41, 5.74) is 2.23. The number of benzene rings is 1. The van der Waals surface area contributed by atoms with Gasteiger partial charge in [0.25, 0.3) is 0 Å². The maximum atomic E-state index is 5.56. The summed E-state index contributed by atoms with van der Waals surface area (Å²) in [4.78, 5) is 2.43. The largest absolute Gasteiger partial charge is 0.376 e. The van der Waals surface area contributed by atoms with E-state index in [-0.39, 0.29) is 0 Å². The molecule has 1 aromatic heterocycles. The quantitative estimate of drug-likeness (QED) is 0.783. The number of aromatic nitrogens is 4. The van der Waals surface area contributed by atoms with Gasteiger partial charge in [0.2, 0.25) is 5.16 Å². The predicted octanol–water partition coefficient (Wildman–Crippen LogP) is 1.78. The summed E-state index contributed by atoms with van der Waals surface area (Å²) in [6, 6.07) is 8.22. The second-order valence-electron chi connectivity index (χ2n) is 5.54. The van der Waals surface area contributed by atoms with Crippen molar-refractivity contribution in [3.63, 3.8) is 0 Å². The van der Waals surface area contributed by atoms with Crippen LogP contribution in [-0.2, 0) is 4.74 Å². The molecule has 0 aliphatic carbocycles. The van der Waals surface area contributed by atoms with Crippen molar-refractivity contribution >= 4 is 11.8 Å². The zero-order chi connectivity index (χ0) is 15.4. The van der Waals surface area contributed by atoms with Gasteiger partial charge in [0.1, 0.15) is 0 Å². The number of ether oxygens (including phenoxy) is 1. The van der Waals surface area contributed by atoms with Crippen molar-refractivity contribution in [2.75, 3.05) is 32.0 Å². The van der Waals surface area contributed by atoms with Crippen LogP contribution in [0.1, 0.15) is 12.5 Å². The molecular weight excluding hydrogens is 298 g/mol. The summed E-state index contributed by atoms with van der Waals surface area (Å²) in [5, 5.41) is 12.9. The van der Waals surface area contributed by atoms with E-state index in [4.69, 9.17) is 4.74 Å². The van der Waals surface area contributed by atoms with Gasteiger partial charge < -0.3 is 4.74 Å². The number of tetrazole rings is 1. The average Bonchev–Trinajstić information content (AvgIpc) is 2.97. The van der Waals surface area contributed by atoms with E-state index >= 15 is 0 Å². The van der Waals surface area contributed by atoms with Crippen LogP contribution in [0, 0.1) is 6.92 Å². The summed E-state index contributed by atoms with van der Waals surface area (Å²) in [6.07, 6.45) is 0.330. The van der Waals surface area contributed by atoms with E-state index in [2.05, 4.69) is 46.4 Å². The standard InChI is InChI=1S/C15H21N5OS/c1-12-3-5-14(6-4-12)20-15(16-17-18-20)22-10-8-19-7-9-21-13(2)11-19/h3-6,13H,7-11H2,1-2H3/t13-/m1/s1. The molecule has 1 fully saturated rings. The molecule has 1 atom stereocenters. The van der Waals surface area contributed by atoms with Gasteiger partial charge in [-0.2, -0.15) is 4.68 Å². The Morgan fingerprint density at radius 1 is 1.32 bits per heavy atom. The van der Waals surface area contributed by atoms with Crippen molar-refractivity contribution in [3.8, 4) is 5.69 Å². The molecule has 1 aliphatic heterocycles. The molecule has 1 aromatic carbocycles. The summed E-state index contributed by atoms with van der Waals surface area (Å²) >= 11 is 1.69. The van der Waals surface area contributed by atoms with Crippen molar-refractivity contribution < 1.29 is 4.74 Å². The fourth-order valence-corrected chi connectivity index (χ4v) is 3.37. The number of hydrogen-bond donors (Lipinski definition) is 0. The molecule has 22 heavy (non-hydrogen) atoms. The second-order valence-corrected chi connectivity index (χ2v) is 6.60. The normalized spacial score (nSPS) is 19.5. The maximum absolute atomic E-state index is 5.56. The van der Waals surface area contributed by atoms with Crippen molar-refractivity contribution in [1.29, 1.82) is 0 Å². The minimum atomic E-state index is 0.330. The third kappa shape index (κ3) is 3.85. The van der Waals surface area contributed by atoms with Crippen LogP contribution in [0.4, 0.5) is 0 Å². The van der Waals surface area contributed by atoms with Crippen LogP contribution in [-0.4, -0.2) is 63.2 Å². The van der Waals surface area contributed by atoms with E-state index in [0.29, 0.717) is 6.10 Å². The lowest BCUT2D eigenvalue weighted by molar-refractivity contribution is -0.0158. The van der Waals surface area contributed by atoms with Crippen LogP contribution >= 0.6 is 11.8 Å². The molecule has 2 aromatic rings. The first-order valence-electron chi connectivity index (χ1n) is 7.54. The molecule has 0 saturated carbocycles. The van der Waals surface area contributed by atoms with Crippen molar-refractivity contribution in [2.45, 2.75) is 25.1 Å². The Kier molecular flexibility index (Phi) is 5.07. The number of nitrogens with zero attached hydrogens (tertiary/aromatic N) is 5. The predicted molar refractivity (Wildman–Crippen MR) is 86.5 cm³/mol. The number of thioether (sulfide) groups is 1. The summed E-state index contributed by atoms with van der Waals surface area (Å²) in [7, 11) is 0. The Labute approximate surface area is 134 Å². The molecule has 3 rings (SSSR count). The van der Waals surface area contributed by atoms with Gasteiger partial charge in [0, 0.05) is 25.4 Å². The first kappa shape index (κ1) is 15.5. The third-order valence-electron chi connectivity index (χ3n) is 3.68. The molecule has 1 saturated heterocycles. The van der Waals surface area contributed by atoms with Crippen LogP contribution in [0.25, 0.3) is 5.69 Å². The lowest BCUT2D eigenvalue weighted by Gasteiger charge is -2.30. The van der Waals surface area contributed by atoms with Gasteiger partial charge in [0.15, 0.2) is 0 Å². The van der Waals surface area contributed by atoms with E-state index in [1.54, 1.807) is 16.4 Å². The lowest BCUT2D eigenvalue weighted by atomic mass is 10.2. The fourth-order valence-electron chi connectivity index (χ4n) is 2.48. The molecule has 0 N–H and O–H groups in total. The third-order valence-corrected chi connectivity index (χ3v) is 4.58. The van der Waals surface area contributed by atoms with E-state index in [9.17, 15) is 0 Å². The smallest absolute Gasteiger partial charge is 0.214 e. The van der Waals surface area contributed by atoms with Gasteiger partial charge in [-0.05, 0) is 36.4 Å². The van der Waals surface area contributed by atoms with E-state index < -0.39 is 0 Å². The second kappa shape index (κ2) is 7.21. The molecule has 0 amide bonds.